The van der Waals surface area contributed by atoms with Crippen LogP contribution < -0.4 is 5.73 Å². The molecule has 0 bridgehead atoms. The largest absolute Gasteiger partial charge is 0.375 e. The normalized spacial score (nSPS) is 11.1. The predicted molar refractivity (Wildman–Crippen MR) is 101 cm³/mol. The topological polar surface area (TPSA) is 69.6 Å². The molecule has 0 saturated carbocycles. The van der Waals surface area contributed by atoms with E-state index >= 15 is 0 Å². The van der Waals surface area contributed by atoms with Crippen LogP contribution in [-0.2, 0) is 18.7 Å². The fourth-order valence-corrected chi connectivity index (χ4v) is 4.36. The minimum Gasteiger partial charge on any atom is -0.375 e. The van der Waals surface area contributed by atoms with Crippen molar-refractivity contribution >= 4 is 51.4 Å². The molecule has 0 saturated heterocycles. The van der Waals surface area contributed by atoms with Gasteiger partial charge < -0.3 is 10.3 Å². The number of benzene rings is 1. The number of nitrogens with two attached hydrogens (primary N) is 1. The third kappa shape index (κ3) is 4.03. The van der Waals surface area contributed by atoms with E-state index in [2.05, 4.69) is 26.7 Å². The predicted octanol–water partition coefficient (Wildman–Crippen LogP) is 4.53. The molecule has 9 heteroatoms. The molecule has 24 heavy (non-hydrogen) atoms. The van der Waals surface area contributed by atoms with Crippen molar-refractivity contribution in [1.82, 2.24) is 19.7 Å². The Kier molecular flexibility index (Phi) is 5.65. The van der Waals surface area contributed by atoms with E-state index < -0.39 is 0 Å². The second-order valence-electron chi connectivity index (χ2n) is 5.02. The van der Waals surface area contributed by atoms with Crippen molar-refractivity contribution in [3.63, 3.8) is 0 Å². The van der Waals surface area contributed by atoms with Gasteiger partial charge >= 0.3 is 0 Å². The van der Waals surface area contributed by atoms with Crippen LogP contribution in [0.1, 0.15) is 24.0 Å². The smallest absolute Gasteiger partial charge is 0.191 e. The second-order valence-corrected chi connectivity index (χ2v) is 7.70. The Hall–Kier alpha value is -1.28. The van der Waals surface area contributed by atoms with Crippen LogP contribution in [0.2, 0.25) is 10.0 Å². The van der Waals surface area contributed by atoms with Crippen LogP contribution in [0.25, 0.3) is 0 Å². The molecule has 3 rings (SSSR count). The molecular formula is C15H15Cl2N5S2. The Bertz CT molecular complexity index is 846. The van der Waals surface area contributed by atoms with Gasteiger partial charge in [0.15, 0.2) is 10.3 Å². The molecule has 0 spiro atoms. The summed E-state index contributed by atoms with van der Waals surface area (Å²) in [4.78, 5) is 4.28. The first-order chi connectivity index (χ1) is 11.6. The standard InChI is InChI=1S/C15H15Cl2N5S2/c1-2-22-13(6-11-8-23-14(18)19-11)20-21-15(22)24-7-9-3-4-10(16)5-12(9)17/h3-5,8H,2,6-7H2,1H3,(H2,18,19). The molecule has 2 N–H and O–H groups in total. The number of halogens is 2. The number of rotatable bonds is 6. The van der Waals surface area contributed by atoms with E-state index in [4.69, 9.17) is 28.9 Å². The quantitative estimate of drug-likeness (QED) is 0.616. The lowest BCUT2D eigenvalue weighted by Gasteiger charge is -2.07. The average molecular weight is 400 g/mol. The maximum atomic E-state index is 6.22. The highest BCUT2D eigenvalue weighted by Crippen LogP contribution is 2.28. The molecule has 3 aromatic rings. The molecule has 0 radical (unpaired) electrons. The fraction of sp³-hybridized carbons (Fsp3) is 0.267. The van der Waals surface area contributed by atoms with Crippen molar-refractivity contribution in [3.8, 4) is 0 Å². The van der Waals surface area contributed by atoms with Crippen molar-refractivity contribution in [2.45, 2.75) is 30.8 Å². The summed E-state index contributed by atoms with van der Waals surface area (Å²) in [5.41, 5.74) is 7.62. The van der Waals surface area contributed by atoms with E-state index in [0.717, 1.165) is 28.8 Å². The summed E-state index contributed by atoms with van der Waals surface area (Å²) in [5.74, 6) is 1.59. The van der Waals surface area contributed by atoms with Gasteiger partial charge in [0.1, 0.15) is 5.82 Å². The Morgan fingerprint density at radius 3 is 2.79 bits per heavy atom. The average Bonchev–Trinajstić information content (AvgIpc) is 3.13. The van der Waals surface area contributed by atoms with Gasteiger partial charge in [0, 0.05) is 27.7 Å². The summed E-state index contributed by atoms with van der Waals surface area (Å²) < 4.78 is 2.09. The van der Waals surface area contributed by atoms with Gasteiger partial charge in [0.05, 0.1) is 12.1 Å². The molecule has 2 heterocycles. The van der Waals surface area contributed by atoms with Gasteiger partial charge in [-0.2, -0.15) is 0 Å². The van der Waals surface area contributed by atoms with Crippen molar-refractivity contribution < 1.29 is 0 Å². The summed E-state index contributed by atoms with van der Waals surface area (Å²) >= 11 is 15.2. The van der Waals surface area contributed by atoms with Crippen LogP contribution in [0, 0.1) is 0 Å². The number of anilines is 1. The first kappa shape index (κ1) is 17.5. The number of thioether (sulfide) groups is 1. The number of hydrogen-bond donors (Lipinski definition) is 1. The highest BCUT2D eigenvalue weighted by molar-refractivity contribution is 7.98. The van der Waals surface area contributed by atoms with E-state index in [-0.39, 0.29) is 0 Å². The summed E-state index contributed by atoms with van der Waals surface area (Å²) in [6, 6.07) is 5.52. The minimum atomic E-state index is 0.569. The molecule has 0 fully saturated rings. The van der Waals surface area contributed by atoms with Gasteiger partial charge in [0.25, 0.3) is 0 Å². The van der Waals surface area contributed by atoms with Crippen LogP contribution in [0.3, 0.4) is 0 Å². The van der Waals surface area contributed by atoms with E-state index in [1.165, 1.54) is 11.3 Å². The molecule has 0 aliphatic carbocycles. The lowest BCUT2D eigenvalue weighted by atomic mass is 10.2. The van der Waals surface area contributed by atoms with Crippen LogP contribution in [0.4, 0.5) is 5.13 Å². The molecule has 5 nitrogen and oxygen atoms in total. The number of nitrogens with zero attached hydrogens (tertiary/aromatic N) is 4. The van der Waals surface area contributed by atoms with Crippen molar-refractivity contribution in [3.05, 3.63) is 50.7 Å². The molecule has 0 aliphatic heterocycles. The molecule has 0 aliphatic rings. The van der Waals surface area contributed by atoms with Gasteiger partial charge in [-0.05, 0) is 24.6 Å². The van der Waals surface area contributed by atoms with E-state index in [9.17, 15) is 0 Å². The zero-order valence-corrected chi connectivity index (χ0v) is 16.0. The lowest BCUT2D eigenvalue weighted by molar-refractivity contribution is 0.649. The molecular weight excluding hydrogens is 385 g/mol. The van der Waals surface area contributed by atoms with Gasteiger partial charge in [-0.1, -0.05) is 41.0 Å². The zero-order valence-electron chi connectivity index (χ0n) is 12.9. The first-order valence-electron chi connectivity index (χ1n) is 7.25. The Morgan fingerprint density at radius 2 is 2.12 bits per heavy atom. The van der Waals surface area contributed by atoms with Crippen LogP contribution >= 0.6 is 46.3 Å². The maximum Gasteiger partial charge on any atom is 0.191 e. The molecule has 2 aromatic heterocycles. The first-order valence-corrected chi connectivity index (χ1v) is 9.87. The SMILES string of the molecule is CCn1c(Cc2csc(N)n2)nnc1SCc1ccc(Cl)cc1Cl. The molecule has 126 valence electrons. The number of aromatic nitrogens is 4. The van der Waals surface area contributed by atoms with E-state index in [1.54, 1.807) is 17.8 Å². The van der Waals surface area contributed by atoms with Crippen LogP contribution in [0.5, 0.6) is 0 Å². The number of hydrogen-bond acceptors (Lipinski definition) is 6. The summed E-state index contributed by atoms with van der Waals surface area (Å²) in [6.07, 6.45) is 0.622. The Labute approximate surface area is 158 Å². The molecule has 0 atom stereocenters. The zero-order chi connectivity index (χ0) is 17.1. The highest BCUT2D eigenvalue weighted by atomic mass is 35.5. The van der Waals surface area contributed by atoms with Crippen molar-refractivity contribution in [2.24, 2.45) is 0 Å². The fourth-order valence-electron chi connectivity index (χ4n) is 2.22. The summed E-state index contributed by atoms with van der Waals surface area (Å²) in [5, 5.41) is 13.3. The van der Waals surface area contributed by atoms with Crippen molar-refractivity contribution in [1.29, 1.82) is 0 Å². The monoisotopic (exact) mass is 399 g/mol. The lowest BCUT2D eigenvalue weighted by Crippen LogP contribution is -2.04. The highest BCUT2D eigenvalue weighted by Gasteiger charge is 2.14. The van der Waals surface area contributed by atoms with Gasteiger partial charge in [-0.25, -0.2) is 4.98 Å². The summed E-state index contributed by atoms with van der Waals surface area (Å²) in [7, 11) is 0. The minimum absolute atomic E-state index is 0.569. The van der Waals surface area contributed by atoms with Gasteiger partial charge in [0.2, 0.25) is 0 Å². The van der Waals surface area contributed by atoms with Crippen LogP contribution in [-0.4, -0.2) is 19.7 Å². The third-order valence-electron chi connectivity index (χ3n) is 3.39. The molecule has 0 amide bonds. The van der Waals surface area contributed by atoms with Crippen molar-refractivity contribution in [2.75, 3.05) is 5.73 Å². The maximum absolute atomic E-state index is 6.22. The Balaban J connectivity index is 1.74. The van der Waals surface area contributed by atoms with Gasteiger partial charge in [-0.15, -0.1) is 21.5 Å². The molecule has 1 aromatic carbocycles. The van der Waals surface area contributed by atoms with Gasteiger partial charge in [-0.3, -0.25) is 0 Å². The Morgan fingerprint density at radius 1 is 1.29 bits per heavy atom. The number of nitrogen functional groups attached to an aromatic ring is 1. The van der Waals surface area contributed by atoms with E-state index in [1.807, 2.05) is 17.5 Å². The van der Waals surface area contributed by atoms with Crippen LogP contribution in [0.15, 0.2) is 28.7 Å². The third-order valence-corrected chi connectivity index (χ3v) is 5.72. The number of thiazole rings is 1. The second kappa shape index (κ2) is 7.74. The molecule has 0 unspecified atom stereocenters. The summed E-state index contributed by atoms with van der Waals surface area (Å²) in [6.45, 7) is 2.86. The van der Waals surface area contributed by atoms with E-state index in [0.29, 0.717) is 27.4 Å².